The summed E-state index contributed by atoms with van der Waals surface area (Å²) in [6.07, 6.45) is -4.69. The molecule has 4 nitrogen and oxygen atoms in total. The molecule has 1 atom stereocenters. The van der Waals surface area contributed by atoms with E-state index in [-0.39, 0.29) is 17.4 Å². The van der Waals surface area contributed by atoms with E-state index in [9.17, 15) is 13.2 Å². The Bertz CT molecular complexity index is 718. The lowest BCUT2D eigenvalue weighted by atomic mass is 9.96. The Labute approximate surface area is 169 Å². The summed E-state index contributed by atoms with van der Waals surface area (Å²) in [5.74, 6) is 0.573. The van der Waals surface area contributed by atoms with Gasteiger partial charge in [-0.3, -0.25) is 4.90 Å². The Hall–Kier alpha value is -2.25. The standard InChI is InChI=1S/C22H27F3N2O2/c1-21(2,3)28-18-8-4-16(5-9-18)20(27-14-12-26-13-15-27)17-6-10-19(11-7-17)29-22(23,24)25/h4-11,20,26H,12-15H2,1-3H3/t20-/m1/s1. The van der Waals surface area contributed by atoms with Gasteiger partial charge >= 0.3 is 6.36 Å². The molecule has 0 aliphatic carbocycles. The van der Waals surface area contributed by atoms with Crippen molar-refractivity contribution in [2.75, 3.05) is 26.2 Å². The monoisotopic (exact) mass is 408 g/mol. The molecule has 1 fully saturated rings. The summed E-state index contributed by atoms with van der Waals surface area (Å²) in [6, 6.07) is 14.0. The maximum Gasteiger partial charge on any atom is 0.573 e. The van der Waals surface area contributed by atoms with Gasteiger partial charge in [0.05, 0.1) is 6.04 Å². The number of alkyl halides is 3. The van der Waals surface area contributed by atoms with E-state index in [0.29, 0.717) is 0 Å². The van der Waals surface area contributed by atoms with E-state index >= 15 is 0 Å². The van der Waals surface area contributed by atoms with Gasteiger partial charge < -0.3 is 14.8 Å². The largest absolute Gasteiger partial charge is 0.573 e. The molecule has 1 heterocycles. The summed E-state index contributed by atoms with van der Waals surface area (Å²) in [5.41, 5.74) is 1.71. The third-order valence-corrected chi connectivity index (χ3v) is 4.57. The topological polar surface area (TPSA) is 33.7 Å². The minimum absolute atomic E-state index is 0.0549. The minimum Gasteiger partial charge on any atom is -0.488 e. The fraction of sp³-hybridized carbons (Fsp3) is 0.455. The van der Waals surface area contributed by atoms with Crippen LogP contribution in [-0.4, -0.2) is 43.0 Å². The Kier molecular flexibility index (Phi) is 6.39. The lowest BCUT2D eigenvalue weighted by Gasteiger charge is -2.35. The minimum atomic E-state index is -4.69. The van der Waals surface area contributed by atoms with E-state index in [4.69, 9.17) is 4.74 Å². The van der Waals surface area contributed by atoms with Crippen LogP contribution in [0.5, 0.6) is 11.5 Å². The van der Waals surface area contributed by atoms with Crippen LogP contribution in [-0.2, 0) is 0 Å². The summed E-state index contributed by atoms with van der Waals surface area (Å²) in [5, 5.41) is 3.34. The number of piperazine rings is 1. The molecule has 1 aliphatic rings. The summed E-state index contributed by atoms with van der Waals surface area (Å²) < 4.78 is 47.3. The summed E-state index contributed by atoms with van der Waals surface area (Å²) in [6.45, 7) is 9.43. The highest BCUT2D eigenvalue weighted by molar-refractivity contribution is 5.38. The predicted octanol–water partition coefficient (Wildman–Crippen LogP) is 4.76. The Morgan fingerprint density at radius 2 is 1.24 bits per heavy atom. The number of nitrogens with zero attached hydrogens (tertiary/aromatic N) is 1. The number of hydrogen-bond donors (Lipinski definition) is 1. The maximum absolute atomic E-state index is 12.5. The van der Waals surface area contributed by atoms with Gasteiger partial charge in [-0.25, -0.2) is 0 Å². The quantitative estimate of drug-likeness (QED) is 0.774. The average molecular weight is 408 g/mol. The zero-order chi connectivity index (χ0) is 21.1. The van der Waals surface area contributed by atoms with Crippen molar-refractivity contribution < 1.29 is 22.6 Å². The number of rotatable bonds is 5. The van der Waals surface area contributed by atoms with Crippen LogP contribution in [0.15, 0.2) is 48.5 Å². The zero-order valence-electron chi connectivity index (χ0n) is 16.9. The van der Waals surface area contributed by atoms with E-state index in [1.807, 2.05) is 45.0 Å². The lowest BCUT2D eigenvalue weighted by Crippen LogP contribution is -2.45. The molecule has 0 bridgehead atoms. The summed E-state index contributed by atoms with van der Waals surface area (Å²) in [7, 11) is 0. The fourth-order valence-electron chi connectivity index (χ4n) is 3.48. The number of halogens is 3. The van der Waals surface area contributed by atoms with Crippen LogP contribution < -0.4 is 14.8 Å². The Morgan fingerprint density at radius 1 is 0.793 bits per heavy atom. The Balaban J connectivity index is 1.87. The van der Waals surface area contributed by atoms with E-state index in [2.05, 4.69) is 15.0 Å². The highest BCUT2D eigenvalue weighted by atomic mass is 19.4. The molecule has 0 unspecified atom stereocenters. The van der Waals surface area contributed by atoms with Gasteiger partial charge in [0, 0.05) is 26.2 Å². The lowest BCUT2D eigenvalue weighted by molar-refractivity contribution is -0.274. The van der Waals surface area contributed by atoms with Gasteiger partial charge in [-0.05, 0) is 56.2 Å². The SMILES string of the molecule is CC(C)(C)Oc1ccc([C@H](c2ccc(OC(F)(F)F)cc2)N2CCNCC2)cc1. The first-order valence-corrected chi connectivity index (χ1v) is 9.70. The first-order chi connectivity index (χ1) is 13.6. The smallest absolute Gasteiger partial charge is 0.488 e. The van der Waals surface area contributed by atoms with Gasteiger partial charge in [-0.1, -0.05) is 24.3 Å². The van der Waals surface area contributed by atoms with Crippen LogP contribution in [0.25, 0.3) is 0 Å². The fourth-order valence-corrected chi connectivity index (χ4v) is 3.48. The van der Waals surface area contributed by atoms with E-state index in [0.717, 1.165) is 43.1 Å². The molecule has 1 saturated heterocycles. The maximum atomic E-state index is 12.5. The second-order valence-electron chi connectivity index (χ2n) is 8.09. The highest BCUT2D eigenvalue weighted by Gasteiger charge is 2.31. The van der Waals surface area contributed by atoms with Crippen molar-refractivity contribution in [2.45, 2.75) is 38.8 Å². The molecule has 7 heteroatoms. The molecule has 29 heavy (non-hydrogen) atoms. The van der Waals surface area contributed by atoms with Crippen molar-refractivity contribution in [3.63, 3.8) is 0 Å². The molecule has 2 aromatic carbocycles. The average Bonchev–Trinajstić information content (AvgIpc) is 2.63. The molecular formula is C22H27F3N2O2. The normalized spacial score (nSPS) is 17.0. The van der Waals surface area contributed by atoms with Gasteiger partial charge in [0.25, 0.3) is 0 Å². The third kappa shape index (κ3) is 6.37. The molecule has 3 rings (SSSR count). The zero-order valence-corrected chi connectivity index (χ0v) is 16.9. The van der Waals surface area contributed by atoms with Crippen LogP contribution >= 0.6 is 0 Å². The first-order valence-electron chi connectivity index (χ1n) is 9.70. The third-order valence-electron chi connectivity index (χ3n) is 4.57. The van der Waals surface area contributed by atoms with Crippen molar-refractivity contribution >= 4 is 0 Å². The van der Waals surface area contributed by atoms with Crippen molar-refractivity contribution in [1.29, 1.82) is 0 Å². The molecule has 0 spiro atoms. The molecule has 2 aromatic rings. The number of nitrogens with one attached hydrogen (secondary N) is 1. The molecule has 0 aromatic heterocycles. The van der Waals surface area contributed by atoms with E-state index < -0.39 is 6.36 Å². The van der Waals surface area contributed by atoms with Crippen molar-refractivity contribution in [2.24, 2.45) is 0 Å². The molecule has 0 saturated carbocycles. The number of ether oxygens (including phenoxy) is 2. The second kappa shape index (κ2) is 8.63. The highest BCUT2D eigenvalue weighted by Crippen LogP contribution is 2.32. The molecule has 158 valence electrons. The Morgan fingerprint density at radius 3 is 1.66 bits per heavy atom. The van der Waals surface area contributed by atoms with Crippen molar-refractivity contribution in [1.82, 2.24) is 10.2 Å². The van der Waals surface area contributed by atoms with Gasteiger partial charge in [0.15, 0.2) is 0 Å². The molecule has 0 amide bonds. The van der Waals surface area contributed by atoms with Crippen LogP contribution in [0.1, 0.15) is 37.9 Å². The number of hydrogen-bond acceptors (Lipinski definition) is 4. The predicted molar refractivity (Wildman–Crippen MR) is 106 cm³/mol. The molecule has 1 N–H and O–H groups in total. The van der Waals surface area contributed by atoms with Gasteiger partial charge in [-0.2, -0.15) is 0 Å². The summed E-state index contributed by atoms with van der Waals surface area (Å²) >= 11 is 0. The molecule has 0 radical (unpaired) electrons. The molecule has 1 aliphatic heterocycles. The second-order valence-corrected chi connectivity index (χ2v) is 8.09. The molecular weight excluding hydrogens is 381 g/mol. The van der Waals surface area contributed by atoms with Crippen LogP contribution in [0, 0.1) is 0 Å². The van der Waals surface area contributed by atoms with Crippen LogP contribution in [0.3, 0.4) is 0 Å². The van der Waals surface area contributed by atoms with E-state index in [1.54, 1.807) is 12.1 Å². The van der Waals surface area contributed by atoms with Gasteiger partial charge in [0.2, 0.25) is 0 Å². The van der Waals surface area contributed by atoms with Gasteiger partial charge in [-0.15, -0.1) is 13.2 Å². The first kappa shape index (κ1) is 21.5. The summed E-state index contributed by atoms with van der Waals surface area (Å²) in [4.78, 5) is 2.33. The number of benzene rings is 2. The van der Waals surface area contributed by atoms with Crippen LogP contribution in [0.2, 0.25) is 0 Å². The van der Waals surface area contributed by atoms with E-state index in [1.165, 1.54) is 12.1 Å². The van der Waals surface area contributed by atoms with Crippen molar-refractivity contribution in [3.05, 3.63) is 59.7 Å². The van der Waals surface area contributed by atoms with Gasteiger partial charge in [0.1, 0.15) is 17.1 Å². The van der Waals surface area contributed by atoms with Crippen LogP contribution in [0.4, 0.5) is 13.2 Å². The van der Waals surface area contributed by atoms with Crippen molar-refractivity contribution in [3.8, 4) is 11.5 Å².